The summed E-state index contributed by atoms with van der Waals surface area (Å²) in [5, 5.41) is 0.909. The first-order valence-electron chi connectivity index (χ1n) is 5.09. The summed E-state index contributed by atoms with van der Waals surface area (Å²) in [5.74, 6) is 0.775. The molecule has 0 atom stereocenters. The molecule has 0 bridgehead atoms. The third kappa shape index (κ3) is 2.94. The third-order valence-corrected chi connectivity index (χ3v) is 5.74. The molecule has 14 heavy (non-hydrogen) atoms. The van der Waals surface area contributed by atoms with Gasteiger partial charge in [0.05, 0.1) is 5.75 Å². The molecule has 2 aliphatic rings. The molecule has 0 spiro atoms. The van der Waals surface area contributed by atoms with Crippen molar-refractivity contribution in [2.75, 3.05) is 17.6 Å². The van der Waals surface area contributed by atoms with Gasteiger partial charge < -0.3 is 0 Å². The van der Waals surface area contributed by atoms with Gasteiger partial charge in [-0.05, 0) is 37.0 Å². The average Bonchev–Trinajstić information content (AvgIpc) is 2.96. The fourth-order valence-corrected chi connectivity index (χ4v) is 3.81. The number of sulfonamides is 1. The standard InChI is InChI=1S/C9H16BrNO2S/c10-6-9(3-4-9)7-11-14(12,13)5-8-1-2-8/h8,11H,1-7H2. The topological polar surface area (TPSA) is 46.2 Å². The molecule has 2 fully saturated rings. The van der Waals surface area contributed by atoms with Crippen LogP contribution in [-0.4, -0.2) is 26.0 Å². The van der Waals surface area contributed by atoms with Gasteiger partial charge in [0.1, 0.15) is 0 Å². The molecule has 0 saturated heterocycles. The fourth-order valence-electron chi connectivity index (χ4n) is 1.45. The smallest absolute Gasteiger partial charge is 0.211 e. The van der Waals surface area contributed by atoms with Crippen molar-refractivity contribution in [2.24, 2.45) is 11.3 Å². The number of hydrogen-bond donors (Lipinski definition) is 1. The first-order valence-corrected chi connectivity index (χ1v) is 7.86. The van der Waals surface area contributed by atoms with E-state index < -0.39 is 10.0 Å². The normalized spacial score (nSPS) is 24.9. The Kier molecular flexibility index (Phi) is 2.92. The van der Waals surface area contributed by atoms with Gasteiger partial charge in [-0.25, -0.2) is 13.1 Å². The SMILES string of the molecule is O=S(=O)(CC1CC1)NCC1(CBr)CC1. The zero-order valence-electron chi connectivity index (χ0n) is 8.13. The van der Waals surface area contributed by atoms with Gasteiger partial charge in [-0.2, -0.15) is 0 Å². The second kappa shape index (κ2) is 3.76. The molecule has 82 valence electrons. The van der Waals surface area contributed by atoms with Crippen LogP contribution in [-0.2, 0) is 10.0 Å². The highest BCUT2D eigenvalue weighted by molar-refractivity contribution is 9.09. The van der Waals surface area contributed by atoms with Gasteiger partial charge in [-0.1, -0.05) is 15.9 Å². The van der Waals surface area contributed by atoms with Crippen LogP contribution in [0.1, 0.15) is 25.7 Å². The summed E-state index contributed by atoms with van der Waals surface area (Å²) in [6, 6.07) is 0. The molecule has 0 amide bonds. The Balaban J connectivity index is 1.78. The molecule has 2 aliphatic carbocycles. The molecular weight excluding hydrogens is 266 g/mol. The van der Waals surface area contributed by atoms with E-state index in [1.165, 1.54) is 0 Å². The predicted molar refractivity (Wildman–Crippen MR) is 60.0 cm³/mol. The monoisotopic (exact) mass is 281 g/mol. The highest BCUT2D eigenvalue weighted by Gasteiger charge is 2.42. The minimum absolute atomic E-state index is 0.233. The lowest BCUT2D eigenvalue weighted by Gasteiger charge is -2.12. The molecule has 2 rings (SSSR count). The summed E-state index contributed by atoms with van der Waals surface area (Å²) in [4.78, 5) is 0. The van der Waals surface area contributed by atoms with Crippen LogP contribution in [0.4, 0.5) is 0 Å². The zero-order chi connectivity index (χ0) is 10.2. The van der Waals surface area contributed by atoms with E-state index in [1.807, 2.05) is 0 Å². The van der Waals surface area contributed by atoms with Crippen molar-refractivity contribution in [3.05, 3.63) is 0 Å². The molecule has 0 aromatic carbocycles. The number of nitrogens with one attached hydrogen (secondary N) is 1. The van der Waals surface area contributed by atoms with Crippen LogP contribution >= 0.6 is 15.9 Å². The van der Waals surface area contributed by atoms with Crippen LogP contribution in [0.15, 0.2) is 0 Å². The molecule has 2 saturated carbocycles. The van der Waals surface area contributed by atoms with E-state index in [9.17, 15) is 8.42 Å². The summed E-state index contributed by atoms with van der Waals surface area (Å²) in [5.41, 5.74) is 0.233. The highest BCUT2D eigenvalue weighted by atomic mass is 79.9. The number of halogens is 1. The van der Waals surface area contributed by atoms with Crippen molar-refractivity contribution in [3.8, 4) is 0 Å². The Labute approximate surface area is 93.8 Å². The van der Waals surface area contributed by atoms with Crippen LogP contribution in [0.5, 0.6) is 0 Å². The van der Waals surface area contributed by atoms with Crippen LogP contribution < -0.4 is 4.72 Å². The molecule has 1 N–H and O–H groups in total. The molecular formula is C9H16BrNO2S. The molecule has 0 unspecified atom stereocenters. The van der Waals surface area contributed by atoms with Gasteiger partial charge in [0.2, 0.25) is 10.0 Å². The van der Waals surface area contributed by atoms with Gasteiger partial charge in [0.15, 0.2) is 0 Å². The van der Waals surface area contributed by atoms with Crippen LogP contribution in [0, 0.1) is 11.3 Å². The molecule has 0 aliphatic heterocycles. The molecule has 0 aromatic rings. The van der Waals surface area contributed by atoms with E-state index >= 15 is 0 Å². The zero-order valence-corrected chi connectivity index (χ0v) is 10.5. The summed E-state index contributed by atoms with van der Waals surface area (Å²) < 4.78 is 25.8. The van der Waals surface area contributed by atoms with E-state index in [2.05, 4.69) is 20.7 Å². The average molecular weight is 282 g/mol. The van der Waals surface area contributed by atoms with Crippen LogP contribution in [0.25, 0.3) is 0 Å². The lowest BCUT2D eigenvalue weighted by molar-refractivity contribution is 0.536. The third-order valence-electron chi connectivity index (χ3n) is 3.06. The molecule has 0 radical (unpaired) electrons. The van der Waals surface area contributed by atoms with Crippen LogP contribution in [0.3, 0.4) is 0 Å². The second-order valence-electron chi connectivity index (χ2n) is 4.68. The van der Waals surface area contributed by atoms with E-state index in [1.54, 1.807) is 0 Å². The van der Waals surface area contributed by atoms with Crippen LogP contribution in [0.2, 0.25) is 0 Å². The summed E-state index contributed by atoms with van der Waals surface area (Å²) in [6.07, 6.45) is 4.46. The summed E-state index contributed by atoms with van der Waals surface area (Å²) in [7, 11) is -2.99. The van der Waals surface area contributed by atoms with Crippen molar-refractivity contribution >= 4 is 26.0 Å². The second-order valence-corrected chi connectivity index (χ2v) is 7.09. The largest absolute Gasteiger partial charge is 0.215 e. The number of hydrogen-bond acceptors (Lipinski definition) is 2. The number of rotatable bonds is 6. The number of alkyl halides is 1. The lowest BCUT2D eigenvalue weighted by Crippen LogP contribution is -2.33. The predicted octanol–water partition coefficient (Wildman–Crippen LogP) is 1.49. The van der Waals surface area contributed by atoms with Gasteiger partial charge >= 0.3 is 0 Å². The maximum absolute atomic E-state index is 11.5. The first kappa shape index (κ1) is 10.9. The fraction of sp³-hybridized carbons (Fsp3) is 1.00. The quantitative estimate of drug-likeness (QED) is 0.750. The van der Waals surface area contributed by atoms with E-state index in [4.69, 9.17) is 0 Å². The molecule has 3 nitrogen and oxygen atoms in total. The maximum atomic E-state index is 11.5. The Bertz CT molecular complexity index is 307. The van der Waals surface area contributed by atoms with Crippen molar-refractivity contribution in [3.63, 3.8) is 0 Å². The summed E-state index contributed by atoms with van der Waals surface area (Å²) in [6.45, 7) is 0.618. The Morgan fingerprint density at radius 3 is 2.43 bits per heavy atom. The Morgan fingerprint density at radius 2 is 2.00 bits per heavy atom. The van der Waals surface area contributed by atoms with E-state index in [-0.39, 0.29) is 5.41 Å². The lowest BCUT2D eigenvalue weighted by atomic mass is 10.1. The van der Waals surface area contributed by atoms with Crippen molar-refractivity contribution in [1.82, 2.24) is 4.72 Å². The van der Waals surface area contributed by atoms with E-state index in [0.29, 0.717) is 18.2 Å². The van der Waals surface area contributed by atoms with Gasteiger partial charge in [0.25, 0.3) is 0 Å². The first-order chi connectivity index (χ1) is 6.55. The van der Waals surface area contributed by atoms with Crippen molar-refractivity contribution < 1.29 is 8.42 Å². The van der Waals surface area contributed by atoms with Crippen molar-refractivity contribution in [2.45, 2.75) is 25.7 Å². The Hall–Kier alpha value is 0.390. The van der Waals surface area contributed by atoms with E-state index in [0.717, 1.165) is 31.0 Å². The molecule has 0 aromatic heterocycles. The highest BCUT2D eigenvalue weighted by Crippen LogP contribution is 2.46. The molecule has 5 heteroatoms. The molecule has 0 heterocycles. The minimum atomic E-state index is -2.99. The summed E-state index contributed by atoms with van der Waals surface area (Å²) >= 11 is 3.43. The Morgan fingerprint density at radius 1 is 1.36 bits per heavy atom. The van der Waals surface area contributed by atoms with Gasteiger partial charge in [-0.3, -0.25) is 0 Å². The van der Waals surface area contributed by atoms with Crippen molar-refractivity contribution in [1.29, 1.82) is 0 Å². The van der Waals surface area contributed by atoms with Gasteiger partial charge in [-0.15, -0.1) is 0 Å². The van der Waals surface area contributed by atoms with Gasteiger partial charge in [0, 0.05) is 11.9 Å². The maximum Gasteiger partial charge on any atom is 0.211 e. The minimum Gasteiger partial charge on any atom is -0.215 e.